The number of rotatable bonds is 4. The van der Waals surface area contributed by atoms with Gasteiger partial charge in [0.05, 0.1) is 19.6 Å². The normalized spacial score (nSPS) is 12.7. The van der Waals surface area contributed by atoms with Gasteiger partial charge >= 0.3 is 5.97 Å². The van der Waals surface area contributed by atoms with E-state index in [-0.39, 0.29) is 6.42 Å². The summed E-state index contributed by atoms with van der Waals surface area (Å²) in [4.78, 5) is 10.5. The minimum Gasteiger partial charge on any atom is -0.469 e. The summed E-state index contributed by atoms with van der Waals surface area (Å²) in [5, 5.41) is 8.97. The molecule has 0 spiro atoms. The number of methoxy groups -OCH3 is 1. The average molecular weight is 147 g/mol. The molecule has 4 nitrogen and oxygen atoms in total. The summed E-state index contributed by atoms with van der Waals surface area (Å²) in [7, 11) is 1.29. The van der Waals surface area contributed by atoms with Gasteiger partial charge in [-0.25, -0.2) is 0 Å². The Labute approximate surface area is 60.0 Å². The van der Waals surface area contributed by atoms with Crippen LogP contribution in [-0.4, -0.2) is 30.8 Å². The van der Waals surface area contributed by atoms with E-state index in [2.05, 4.69) is 4.74 Å². The molecule has 0 radical (unpaired) electrons. The molecule has 0 unspecified atom stereocenters. The second-order valence-corrected chi connectivity index (χ2v) is 2.01. The summed E-state index contributed by atoms with van der Waals surface area (Å²) in [5.41, 5.74) is 5.13. The zero-order valence-electron chi connectivity index (χ0n) is 6.04. The summed E-state index contributed by atoms with van der Waals surface area (Å²) in [6.07, 6.45) is -0.180. The molecule has 0 saturated carbocycles. The minimum absolute atomic E-state index is 0.0354. The predicted molar refractivity (Wildman–Crippen MR) is 36.3 cm³/mol. The van der Waals surface area contributed by atoms with Crippen LogP contribution in [0.25, 0.3) is 0 Å². The molecule has 4 heteroatoms. The standard InChI is InChI=1S/C6H13NO3/c1-10-6(9)4-5(8)2-3-7/h5,8H,2-4,7H2,1H3/t5-/m0/s1. The van der Waals surface area contributed by atoms with E-state index in [4.69, 9.17) is 10.8 Å². The van der Waals surface area contributed by atoms with Crippen molar-refractivity contribution < 1.29 is 14.6 Å². The minimum atomic E-state index is -0.655. The number of esters is 1. The molecule has 0 rings (SSSR count). The maximum atomic E-state index is 10.5. The Hall–Kier alpha value is -0.610. The van der Waals surface area contributed by atoms with Crippen molar-refractivity contribution in [1.29, 1.82) is 0 Å². The van der Waals surface area contributed by atoms with E-state index in [1.165, 1.54) is 7.11 Å². The summed E-state index contributed by atoms with van der Waals surface area (Å²) in [6, 6.07) is 0. The lowest BCUT2D eigenvalue weighted by Crippen LogP contribution is -2.18. The van der Waals surface area contributed by atoms with Gasteiger partial charge in [0.15, 0.2) is 0 Å². The molecule has 0 aromatic heterocycles. The highest BCUT2D eigenvalue weighted by atomic mass is 16.5. The van der Waals surface area contributed by atoms with Crippen LogP contribution in [0.2, 0.25) is 0 Å². The van der Waals surface area contributed by atoms with Crippen molar-refractivity contribution in [3.8, 4) is 0 Å². The highest BCUT2D eigenvalue weighted by Gasteiger charge is 2.08. The fraction of sp³-hybridized carbons (Fsp3) is 0.833. The highest BCUT2D eigenvalue weighted by molar-refractivity contribution is 5.69. The van der Waals surface area contributed by atoms with E-state index in [1.807, 2.05) is 0 Å². The van der Waals surface area contributed by atoms with Gasteiger partial charge in [-0.15, -0.1) is 0 Å². The van der Waals surface area contributed by atoms with E-state index in [0.29, 0.717) is 13.0 Å². The van der Waals surface area contributed by atoms with E-state index in [0.717, 1.165) is 0 Å². The SMILES string of the molecule is COC(=O)C[C@@H](O)CCN. The molecule has 3 N–H and O–H groups in total. The number of carbonyl (C=O) groups excluding carboxylic acids is 1. The van der Waals surface area contributed by atoms with Gasteiger partial charge < -0.3 is 15.6 Å². The van der Waals surface area contributed by atoms with Gasteiger partial charge in [-0.3, -0.25) is 4.79 Å². The monoisotopic (exact) mass is 147 g/mol. The number of ether oxygens (including phenoxy) is 1. The third-order valence-electron chi connectivity index (χ3n) is 1.13. The van der Waals surface area contributed by atoms with Crippen molar-refractivity contribution in [3.63, 3.8) is 0 Å². The molecular formula is C6H13NO3. The number of nitrogens with two attached hydrogens (primary N) is 1. The maximum Gasteiger partial charge on any atom is 0.308 e. The molecule has 10 heavy (non-hydrogen) atoms. The highest BCUT2D eigenvalue weighted by Crippen LogP contribution is 1.96. The van der Waals surface area contributed by atoms with Gasteiger partial charge in [0.1, 0.15) is 0 Å². The third kappa shape index (κ3) is 4.29. The molecule has 0 heterocycles. The molecule has 0 aliphatic heterocycles. The Balaban J connectivity index is 3.37. The van der Waals surface area contributed by atoms with Crippen LogP contribution in [0.15, 0.2) is 0 Å². The van der Waals surface area contributed by atoms with Crippen LogP contribution >= 0.6 is 0 Å². The number of aliphatic hydroxyl groups excluding tert-OH is 1. The second-order valence-electron chi connectivity index (χ2n) is 2.01. The Bertz CT molecular complexity index is 105. The zero-order chi connectivity index (χ0) is 7.98. The molecule has 1 atom stereocenters. The molecule has 60 valence electrons. The van der Waals surface area contributed by atoms with Crippen LogP contribution in [0, 0.1) is 0 Å². The van der Waals surface area contributed by atoms with Crippen molar-refractivity contribution >= 4 is 5.97 Å². The van der Waals surface area contributed by atoms with Gasteiger partial charge in [0.2, 0.25) is 0 Å². The average Bonchev–Trinajstić information content (AvgIpc) is 1.88. The Morgan fingerprint density at radius 2 is 2.40 bits per heavy atom. The summed E-state index contributed by atoms with van der Waals surface area (Å²) >= 11 is 0. The predicted octanol–water partition coefficient (Wildman–Crippen LogP) is -0.741. The first kappa shape index (κ1) is 9.39. The smallest absolute Gasteiger partial charge is 0.308 e. The zero-order valence-corrected chi connectivity index (χ0v) is 6.04. The van der Waals surface area contributed by atoms with Gasteiger partial charge in [-0.2, -0.15) is 0 Å². The third-order valence-corrected chi connectivity index (χ3v) is 1.13. The molecule has 0 saturated heterocycles. The van der Waals surface area contributed by atoms with Crippen LogP contribution in [-0.2, 0) is 9.53 Å². The van der Waals surface area contributed by atoms with E-state index in [9.17, 15) is 4.79 Å². The Morgan fingerprint density at radius 1 is 1.80 bits per heavy atom. The fourth-order valence-corrected chi connectivity index (χ4v) is 0.570. The number of aliphatic hydroxyl groups is 1. The largest absolute Gasteiger partial charge is 0.469 e. The molecule has 0 aliphatic carbocycles. The second kappa shape index (κ2) is 5.20. The van der Waals surface area contributed by atoms with Crippen molar-refractivity contribution in [2.75, 3.05) is 13.7 Å². The van der Waals surface area contributed by atoms with Crippen molar-refractivity contribution in [1.82, 2.24) is 0 Å². The molecule has 0 aromatic rings. The summed E-state index contributed by atoms with van der Waals surface area (Å²) in [6.45, 7) is 0.387. The lowest BCUT2D eigenvalue weighted by molar-refractivity contribution is -0.142. The van der Waals surface area contributed by atoms with Crippen molar-refractivity contribution in [2.45, 2.75) is 18.9 Å². The maximum absolute atomic E-state index is 10.5. The fourth-order valence-electron chi connectivity index (χ4n) is 0.570. The molecular weight excluding hydrogens is 134 g/mol. The van der Waals surface area contributed by atoms with Crippen molar-refractivity contribution in [2.24, 2.45) is 5.73 Å². The van der Waals surface area contributed by atoms with Crippen LogP contribution in [0.4, 0.5) is 0 Å². The Morgan fingerprint density at radius 3 is 2.80 bits per heavy atom. The van der Waals surface area contributed by atoms with Gasteiger partial charge in [-0.05, 0) is 13.0 Å². The van der Waals surface area contributed by atoms with Crippen LogP contribution in [0.3, 0.4) is 0 Å². The van der Waals surface area contributed by atoms with Crippen LogP contribution < -0.4 is 5.73 Å². The Kier molecular flexibility index (Phi) is 4.88. The van der Waals surface area contributed by atoms with Gasteiger partial charge in [-0.1, -0.05) is 0 Å². The quantitative estimate of drug-likeness (QED) is 0.514. The topological polar surface area (TPSA) is 72.5 Å². The summed E-state index contributed by atoms with van der Waals surface area (Å²) in [5.74, 6) is -0.402. The number of hydrogen-bond acceptors (Lipinski definition) is 4. The molecule has 0 aromatic carbocycles. The van der Waals surface area contributed by atoms with E-state index < -0.39 is 12.1 Å². The first-order valence-electron chi connectivity index (χ1n) is 3.15. The molecule has 0 amide bonds. The summed E-state index contributed by atoms with van der Waals surface area (Å²) < 4.78 is 4.33. The van der Waals surface area contributed by atoms with E-state index >= 15 is 0 Å². The van der Waals surface area contributed by atoms with Crippen LogP contribution in [0.1, 0.15) is 12.8 Å². The lowest BCUT2D eigenvalue weighted by atomic mass is 10.2. The lowest BCUT2D eigenvalue weighted by Gasteiger charge is -2.05. The molecule has 0 fully saturated rings. The van der Waals surface area contributed by atoms with Crippen molar-refractivity contribution in [3.05, 3.63) is 0 Å². The first-order chi connectivity index (χ1) is 4.70. The molecule has 0 aliphatic rings. The molecule has 0 bridgehead atoms. The number of hydrogen-bond donors (Lipinski definition) is 2. The first-order valence-corrected chi connectivity index (χ1v) is 3.15. The van der Waals surface area contributed by atoms with Gasteiger partial charge in [0, 0.05) is 0 Å². The van der Waals surface area contributed by atoms with Crippen LogP contribution in [0.5, 0.6) is 0 Å². The number of carbonyl (C=O) groups is 1. The van der Waals surface area contributed by atoms with E-state index in [1.54, 1.807) is 0 Å². The van der Waals surface area contributed by atoms with Gasteiger partial charge in [0.25, 0.3) is 0 Å².